The van der Waals surface area contributed by atoms with Crippen LogP contribution in [-0.4, -0.2) is 16.6 Å². The van der Waals surface area contributed by atoms with Crippen LogP contribution < -0.4 is 0 Å². The second-order valence-electron chi connectivity index (χ2n) is 3.24. The first kappa shape index (κ1) is 10.2. The van der Waals surface area contributed by atoms with Crippen LogP contribution in [0.4, 0.5) is 5.69 Å². The largest absolute Gasteiger partial charge is 0.493 e. The highest BCUT2D eigenvalue weighted by atomic mass is 16.3. The number of aromatic nitrogens is 1. The Kier molecular flexibility index (Phi) is 2.83. The number of hydrogen-bond acceptors (Lipinski definition) is 4. The number of nitrogens with zero attached hydrogens (tertiary/aromatic N) is 3. The highest BCUT2D eigenvalue weighted by Gasteiger charge is 2.08. The monoisotopic (exact) mass is 214 g/mol. The highest BCUT2D eigenvalue weighted by molar-refractivity contribution is 5.93. The van der Waals surface area contributed by atoms with E-state index in [1.54, 1.807) is 0 Å². The van der Waals surface area contributed by atoms with Crippen LogP contribution in [0.25, 0.3) is 10.9 Å². The Balaban J connectivity index is 2.33. The first-order chi connectivity index (χ1) is 7.83. The third kappa shape index (κ3) is 1.86. The lowest BCUT2D eigenvalue weighted by Gasteiger charge is -1.90. The Bertz CT molecular complexity index is 565. The molecule has 0 aliphatic rings. The molecule has 2 aromatic rings. The molecule has 1 heterocycles. The zero-order valence-corrected chi connectivity index (χ0v) is 8.51. The summed E-state index contributed by atoms with van der Waals surface area (Å²) in [6, 6.07) is 9.41. The van der Waals surface area contributed by atoms with Crippen LogP contribution >= 0.6 is 0 Å². The molecule has 1 aromatic heterocycles. The number of nitriles is 1. The molecule has 1 aromatic carbocycles. The molecule has 0 spiro atoms. The number of hydrogen-bond donors (Lipinski definition) is 2. The van der Waals surface area contributed by atoms with Gasteiger partial charge in [-0.15, -0.1) is 5.11 Å². The number of benzene rings is 1. The van der Waals surface area contributed by atoms with Crippen molar-refractivity contribution in [1.82, 2.24) is 4.98 Å². The van der Waals surface area contributed by atoms with E-state index in [9.17, 15) is 5.11 Å². The second kappa shape index (κ2) is 4.45. The van der Waals surface area contributed by atoms with Crippen LogP contribution in [0.3, 0.4) is 0 Å². The number of rotatable bonds is 3. The number of aromatic amines is 1. The molecule has 0 radical (unpaired) electrons. The van der Waals surface area contributed by atoms with E-state index in [-0.39, 0.29) is 5.88 Å². The van der Waals surface area contributed by atoms with Gasteiger partial charge in [0.05, 0.1) is 24.6 Å². The van der Waals surface area contributed by atoms with E-state index < -0.39 is 0 Å². The lowest BCUT2D eigenvalue weighted by molar-refractivity contribution is 0.459. The molecule has 80 valence electrons. The molecule has 0 aliphatic carbocycles. The van der Waals surface area contributed by atoms with Crippen LogP contribution in [0.1, 0.15) is 6.42 Å². The Morgan fingerprint density at radius 2 is 2.19 bits per heavy atom. The average Bonchev–Trinajstić information content (AvgIpc) is 2.61. The summed E-state index contributed by atoms with van der Waals surface area (Å²) >= 11 is 0. The van der Waals surface area contributed by atoms with Gasteiger partial charge in [0.1, 0.15) is 0 Å². The quantitative estimate of drug-likeness (QED) is 0.608. The number of azo groups is 1. The smallest absolute Gasteiger partial charge is 0.218 e. The molecular formula is C11H10N4O. The summed E-state index contributed by atoms with van der Waals surface area (Å²) < 4.78 is 0. The summed E-state index contributed by atoms with van der Waals surface area (Å²) in [5.74, 6) is 0.00177. The van der Waals surface area contributed by atoms with E-state index in [1.807, 2.05) is 30.3 Å². The van der Waals surface area contributed by atoms with Crippen LogP contribution in [0.15, 0.2) is 34.5 Å². The van der Waals surface area contributed by atoms with E-state index in [4.69, 9.17) is 5.26 Å². The summed E-state index contributed by atoms with van der Waals surface area (Å²) in [5.41, 5.74) is 1.24. The number of fused-ring (bicyclic) bond motifs is 1. The summed E-state index contributed by atoms with van der Waals surface area (Å²) in [4.78, 5) is 2.80. The topological polar surface area (TPSA) is 84.5 Å². The number of para-hydroxylation sites is 1. The van der Waals surface area contributed by atoms with Crippen LogP contribution in [0, 0.1) is 11.3 Å². The SMILES string of the molecule is N#CCCN=Nc1c(O)[nH]c2ccccc12. The van der Waals surface area contributed by atoms with Crippen LogP contribution in [0.2, 0.25) is 0 Å². The molecule has 0 saturated heterocycles. The molecule has 2 rings (SSSR count). The first-order valence-corrected chi connectivity index (χ1v) is 4.87. The van der Waals surface area contributed by atoms with Crippen molar-refractivity contribution >= 4 is 16.6 Å². The molecule has 0 unspecified atom stereocenters. The average molecular weight is 214 g/mol. The minimum atomic E-state index is 0.00177. The maximum atomic E-state index is 9.62. The van der Waals surface area contributed by atoms with Crippen molar-refractivity contribution in [2.45, 2.75) is 6.42 Å². The third-order valence-electron chi connectivity index (χ3n) is 2.15. The van der Waals surface area contributed by atoms with Crippen molar-refractivity contribution in [3.63, 3.8) is 0 Å². The van der Waals surface area contributed by atoms with Gasteiger partial charge >= 0.3 is 0 Å². The molecule has 0 bridgehead atoms. The van der Waals surface area contributed by atoms with Gasteiger partial charge in [0.15, 0.2) is 5.69 Å². The van der Waals surface area contributed by atoms with Gasteiger partial charge in [0.25, 0.3) is 0 Å². The maximum absolute atomic E-state index is 9.62. The Hall–Kier alpha value is -2.35. The Morgan fingerprint density at radius 3 is 3.00 bits per heavy atom. The van der Waals surface area contributed by atoms with Crippen molar-refractivity contribution in [1.29, 1.82) is 5.26 Å². The van der Waals surface area contributed by atoms with Gasteiger partial charge in [0.2, 0.25) is 5.88 Å². The van der Waals surface area contributed by atoms with E-state index >= 15 is 0 Å². The minimum absolute atomic E-state index is 0.00177. The van der Waals surface area contributed by atoms with Gasteiger partial charge in [-0.2, -0.15) is 10.4 Å². The number of aromatic hydroxyl groups is 1. The molecule has 16 heavy (non-hydrogen) atoms. The summed E-state index contributed by atoms with van der Waals surface area (Å²) in [6.07, 6.45) is 0.326. The predicted molar refractivity (Wildman–Crippen MR) is 59.6 cm³/mol. The predicted octanol–water partition coefficient (Wildman–Crippen LogP) is 2.87. The first-order valence-electron chi connectivity index (χ1n) is 4.87. The molecule has 0 amide bonds. The van der Waals surface area contributed by atoms with E-state index in [1.165, 1.54) is 0 Å². The van der Waals surface area contributed by atoms with E-state index in [2.05, 4.69) is 15.2 Å². The van der Waals surface area contributed by atoms with Crippen molar-refractivity contribution in [2.24, 2.45) is 10.2 Å². The Morgan fingerprint density at radius 1 is 1.38 bits per heavy atom. The maximum Gasteiger partial charge on any atom is 0.218 e. The second-order valence-corrected chi connectivity index (χ2v) is 3.24. The molecule has 0 fully saturated rings. The van der Waals surface area contributed by atoms with Crippen molar-refractivity contribution < 1.29 is 5.11 Å². The Labute approximate surface area is 92.1 Å². The van der Waals surface area contributed by atoms with Gasteiger partial charge in [-0.25, -0.2) is 0 Å². The van der Waals surface area contributed by atoms with E-state index in [0.717, 1.165) is 10.9 Å². The summed E-state index contributed by atoms with van der Waals surface area (Å²) in [7, 11) is 0. The molecule has 0 atom stereocenters. The fraction of sp³-hybridized carbons (Fsp3) is 0.182. The number of H-pyrrole nitrogens is 1. The van der Waals surface area contributed by atoms with Gasteiger partial charge < -0.3 is 10.1 Å². The van der Waals surface area contributed by atoms with E-state index in [0.29, 0.717) is 18.7 Å². The normalized spacial score (nSPS) is 10.9. The van der Waals surface area contributed by atoms with Gasteiger partial charge in [-0.05, 0) is 6.07 Å². The van der Waals surface area contributed by atoms with Crippen molar-refractivity contribution in [2.75, 3.05) is 6.54 Å². The highest BCUT2D eigenvalue weighted by Crippen LogP contribution is 2.34. The molecule has 0 saturated carbocycles. The lowest BCUT2D eigenvalue weighted by atomic mass is 10.2. The number of nitrogens with one attached hydrogen (secondary N) is 1. The van der Waals surface area contributed by atoms with Crippen LogP contribution in [0.5, 0.6) is 5.88 Å². The van der Waals surface area contributed by atoms with Gasteiger partial charge in [-0.3, -0.25) is 0 Å². The summed E-state index contributed by atoms with van der Waals surface area (Å²) in [6.45, 7) is 0.343. The van der Waals surface area contributed by atoms with Crippen molar-refractivity contribution in [3.8, 4) is 11.9 Å². The lowest BCUT2D eigenvalue weighted by Crippen LogP contribution is -1.73. The zero-order valence-electron chi connectivity index (χ0n) is 8.51. The van der Waals surface area contributed by atoms with Crippen molar-refractivity contribution in [3.05, 3.63) is 24.3 Å². The summed E-state index contributed by atoms with van der Waals surface area (Å²) in [5, 5.41) is 26.5. The molecular weight excluding hydrogens is 204 g/mol. The van der Waals surface area contributed by atoms with Crippen LogP contribution in [-0.2, 0) is 0 Å². The fourth-order valence-electron chi connectivity index (χ4n) is 1.43. The molecule has 2 N–H and O–H groups in total. The molecule has 0 aliphatic heterocycles. The molecule has 5 nitrogen and oxygen atoms in total. The third-order valence-corrected chi connectivity index (χ3v) is 2.15. The molecule has 5 heteroatoms. The minimum Gasteiger partial charge on any atom is -0.493 e. The zero-order chi connectivity index (χ0) is 11.4. The van der Waals surface area contributed by atoms with Gasteiger partial charge in [-0.1, -0.05) is 18.2 Å². The van der Waals surface area contributed by atoms with Gasteiger partial charge in [0, 0.05) is 5.39 Å². The fourth-order valence-corrected chi connectivity index (χ4v) is 1.43. The standard InChI is InChI=1S/C11H10N4O/c12-6-3-7-13-15-10-8-4-1-2-5-9(8)14-11(10)16/h1-2,4-5,14,16H,3,7H2.